The number of carbonyl (C=O) groups is 1. The molecule has 0 aromatic heterocycles. The maximum atomic E-state index is 11.8. The summed E-state index contributed by atoms with van der Waals surface area (Å²) in [6, 6.07) is 4.02. The quantitative estimate of drug-likeness (QED) is 0.613. The standard InChI is InChI=1S/C13H19N3O4/c1-13(2,14)7-6-12(17)15-10-5-4-9(16(18)19)8-11(10)20-3/h4-5,8H,6-7,14H2,1-3H3,(H,15,17). The summed E-state index contributed by atoms with van der Waals surface area (Å²) in [5.41, 5.74) is 5.69. The predicted molar refractivity (Wildman–Crippen MR) is 75.8 cm³/mol. The van der Waals surface area contributed by atoms with Gasteiger partial charge < -0.3 is 15.8 Å². The van der Waals surface area contributed by atoms with E-state index in [1.54, 1.807) is 0 Å². The van der Waals surface area contributed by atoms with Gasteiger partial charge in [-0.2, -0.15) is 0 Å². The summed E-state index contributed by atoms with van der Waals surface area (Å²) in [6.45, 7) is 3.68. The van der Waals surface area contributed by atoms with Gasteiger partial charge in [0.05, 0.1) is 23.8 Å². The highest BCUT2D eigenvalue weighted by molar-refractivity contribution is 5.92. The van der Waals surface area contributed by atoms with Gasteiger partial charge in [-0.05, 0) is 26.3 Å². The van der Waals surface area contributed by atoms with E-state index in [2.05, 4.69) is 5.32 Å². The number of nitro benzene ring substituents is 1. The molecule has 0 unspecified atom stereocenters. The van der Waals surface area contributed by atoms with Gasteiger partial charge in [0.15, 0.2) is 0 Å². The van der Waals surface area contributed by atoms with Crippen LogP contribution in [0, 0.1) is 10.1 Å². The van der Waals surface area contributed by atoms with Gasteiger partial charge in [-0.25, -0.2) is 0 Å². The zero-order valence-electron chi connectivity index (χ0n) is 11.8. The first-order chi connectivity index (χ1) is 9.23. The molecular formula is C13H19N3O4. The smallest absolute Gasteiger partial charge is 0.273 e. The maximum absolute atomic E-state index is 11.8. The fraction of sp³-hybridized carbons (Fsp3) is 0.462. The van der Waals surface area contributed by atoms with Gasteiger partial charge >= 0.3 is 0 Å². The number of amides is 1. The molecule has 3 N–H and O–H groups in total. The number of nitrogens with two attached hydrogens (primary N) is 1. The average molecular weight is 281 g/mol. The third-order valence-electron chi connectivity index (χ3n) is 2.67. The highest BCUT2D eigenvalue weighted by atomic mass is 16.6. The molecule has 0 bridgehead atoms. The Hall–Kier alpha value is -2.15. The number of nitro groups is 1. The lowest BCUT2D eigenvalue weighted by molar-refractivity contribution is -0.384. The van der Waals surface area contributed by atoms with E-state index in [9.17, 15) is 14.9 Å². The van der Waals surface area contributed by atoms with Crippen molar-refractivity contribution in [2.45, 2.75) is 32.2 Å². The zero-order valence-corrected chi connectivity index (χ0v) is 11.8. The van der Waals surface area contributed by atoms with Crippen LogP contribution in [0.25, 0.3) is 0 Å². The van der Waals surface area contributed by atoms with Gasteiger partial charge in [0.2, 0.25) is 5.91 Å². The Morgan fingerprint density at radius 1 is 1.50 bits per heavy atom. The molecule has 1 aromatic carbocycles. The summed E-state index contributed by atoms with van der Waals surface area (Å²) >= 11 is 0. The lowest BCUT2D eigenvalue weighted by atomic mass is 10.00. The van der Waals surface area contributed by atoms with Crippen LogP contribution in [0.3, 0.4) is 0 Å². The second kappa shape index (κ2) is 6.33. The first kappa shape index (κ1) is 15.9. The van der Waals surface area contributed by atoms with E-state index in [0.717, 1.165) is 0 Å². The topological polar surface area (TPSA) is 107 Å². The number of non-ortho nitro benzene ring substituents is 1. The van der Waals surface area contributed by atoms with E-state index in [1.807, 2.05) is 13.8 Å². The number of benzene rings is 1. The summed E-state index contributed by atoms with van der Waals surface area (Å²) in [4.78, 5) is 21.9. The summed E-state index contributed by atoms with van der Waals surface area (Å²) in [5, 5.41) is 13.3. The molecule has 0 aliphatic carbocycles. The van der Waals surface area contributed by atoms with E-state index < -0.39 is 10.5 Å². The molecular weight excluding hydrogens is 262 g/mol. The second-order valence-electron chi connectivity index (χ2n) is 5.18. The Balaban J connectivity index is 2.77. The van der Waals surface area contributed by atoms with Crippen molar-refractivity contribution >= 4 is 17.3 Å². The third kappa shape index (κ3) is 4.85. The Bertz CT molecular complexity index is 509. The van der Waals surface area contributed by atoms with Gasteiger partial charge in [0, 0.05) is 18.0 Å². The Kier molecular flexibility index (Phi) is 5.04. The van der Waals surface area contributed by atoms with Crippen LogP contribution in [-0.2, 0) is 4.79 Å². The number of hydrogen-bond acceptors (Lipinski definition) is 5. The zero-order chi connectivity index (χ0) is 15.3. The minimum Gasteiger partial charge on any atom is -0.494 e. The lowest BCUT2D eigenvalue weighted by Gasteiger charge is -2.18. The van der Waals surface area contributed by atoms with Crippen LogP contribution in [0.15, 0.2) is 18.2 Å². The second-order valence-corrected chi connectivity index (χ2v) is 5.18. The first-order valence-electron chi connectivity index (χ1n) is 6.14. The van der Waals surface area contributed by atoms with E-state index in [4.69, 9.17) is 10.5 Å². The van der Waals surface area contributed by atoms with Crippen molar-refractivity contribution in [3.8, 4) is 5.75 Å². The van der Waals surface area contributed by atoms with E-state index in [0.29, 0.717) is 12.1 Å². The van der Waals surface area contributed by atoms with Crippen molar-refractivity contribution in [3.63, 3.8) is 0 Å². The summed E-state index contributed by atoms with van der Waals surface area (Å²) in [6.07, 6.45) is 0.803. The third-order valence-corrected chi connectivity index (χ3v) is 2.67. The van der Waals surface area contributed by atoms with Crippen LogP contribution in [0.2, 0.25) is 0 Å². The van der Waals surface area contributed by atoms with Gasteiger partial charge in [-0.15, -0.1) is 0 Å². The van der Waals surface area contributed by atoms with Crippen molar-refractivity contribution in [3.05, 3.63) is 28.3 Å². The monoisotopic (exact) mass is 281 g/mol. The Morgan fingerprint density at radius 3 is 2.65 bits per heavy atom. The van der Waals surface area contributed by atoms with Gasteiger partial charge in [0.25, 0.3) is 5.69 Å². The summed E-state index contributed by atoms with van der Waals surface area (Å²) in [7, 11) is 1.39. The molecule has 0 fully saturated rings. The number of ether oxygens (including phenoxy) is 1. The van der Waals surface area contributed by atoms with Crippen molar-refractivity contribution in [1.82, 2.24) is 0 Å². The Labute approximate surface area is 117 Å². The molecule has 1 rings (SSSR count). The molecule has 0 saturated heterocycles. The van der Waals surface area contributed by atoms with Gasteiger partial charge in [-0.1, -0.05) is 0 Å². The number of hydrogen-bond donors (Lipinski definition) is 2. The molecule has 7 heteroatoms. The molecule has 0 atom stereocenters. The highest BCUT2D eigenvalue weighted by Crippen LogP contribution is 2.29. The molecule has 1 aromatic rings. The number of carbonyl (C=O) groups excluding carboxylic acids is 1. The number of nitrogens with zero attached hydrogens (tertiary/aromatic N) is 1. The van der Waals surface area contributed by atoms with Crippen molar-refractivity contribution in [2.24, 2.45) is 5.73 Å². The summed E-state index contributed by atoms with van der Waals surface area (Å²) in [5.74, 6) is 0.0373. The van der Waals surface area contributed by atoms with Gasteiger partial charge in [0.1, 0.15) is 5.75 Å². The number of rotatable bonds is 6. The van der Waals surface area contributed by atoms with Crippen LogP contribution >= 0.6 is 0 Å². The van der Waals surface area contributed by atoms with Crippen LogP contribution in [0.1, 0.15) is 26.7 Å². The summed E-state index contributed by atoms with van der Waals surface area (Å²) < 4.78 is 5.04. The van der Waals surface area contributed by atoms with Crippen LogP contribution in [-0.4, -0.2) is 23.5 Å². The lowest BCUT2D eigenvalue weighted by Crippen LogP contribution is -2.33. The normalized spacial score (nSPS) is 11.0. The predicted octanol–water partition coefficient (Wildman–Crippen LogP) is 2.06. The molecule has 0 aliphatic rings. The van der Waals surface area contributed by atoms with E-state index >= 15 is 0 Å². The SMILES string of the molecule is COc1cc([N+](=O)[O-])ccc1NC(=O)CCC(C)(C)N. The van der Waals surface area contributed by atoms with Gasteiger partial charge in [-0.3, -0.25) is 14.9 Å². The minimum absolute atomic E-state index is 0.0945. The van der Waals surface area contributed by atoms with Crippen LogP contribution in [0.5, 0.6) is 5.75 Å². The van der Waals surface area contributed by atoms with E-state index in [-0.39, 0.29) is 23.8 Å². The highest BCUT2D eigenvalue weighted by Gasteiger charge is 2.16. The van der Waals surface area contributed by atoms with Crippen LogP contribution < -0.4 is 15.8 Å². The average Bonchev–Trinajstić information content (AvgIpc) is 2.35. The largest absolute Gasteiger partial charge is 0.494 e. The molecule has 0 radical (unpaired) electrons. The molecule has 1 amide bonds. The number of methoxy groups -OCH3 is 1. The molecule has 0 heterocycles. The minimum atomic E-state index is -0.523. The molecule has 110 valence electrons. The molecule has 7 nitrogen and oxygen atoms in total. The molecule has 0 spiro atoms. The van der Waals surface area contributed by atoms with Crippen LogP contribution in [0.4, 0.5) is 11.4 Å². The van der Waals surface area contributed by atoms with E-state index in [1.165, 1.54) is 25.3 Å². The molecule has 0 aliphatic heterocycles. The Morgan fingerprint density at radius 2 is 2.15 bits per heavy atom. The first-order valence-corrected chi connectivity index (χ1v) is 6.14. The van der Waals surface area contributed by atoms with Crippen molar-refractivity contribution in [2.75, 3.05) is 12.4 Å². The van der Waals surface area contributed by atoms with Crippen molar-refractivity contribution < 1.29 is 14.5 Å². The number of nitrogens with one attached hydrogen (secondary N) is 1. The van der Waals surface area contributed by atoms with Crippen molar-refractivity contribution in [1.29, 1.82) is 0 Å². The fourth-order valence-corrected chi connectivity index (χ4v) is 1.55. The molecule has 0 saturated carbocycles. The maximum Gasteiger partial charge on any atom is 0.273 e. The molecule has 20 heavy (non-hydrogen) atoms. The number of anilines is 1. The fourth-order valence-electron chi connectivity index (χ4n) is 1.55.